The highest BCUT2D eigenvalue weighted by Gasteiger charge is 2.30. The average Bonchev–Trinajstić information content (AvgIpc) is 2.98. The Hall–Kier alpha value is -2.38. The van der Waals surface area contributed by atoms with Crippen LogP contribution in [0.5, 0.6) is 0 Å². The molecule has 118 valence electrons. The van der Waals surface area contributed by atoms with E-state index in [1.165, 1.54) is 7.11 Å². The molecule has 8 nitrogen and oxygen atoms in total. The Morgan fingerprint density at radius 3 is 2.77 bits per heavy atom. The highest BCUT2D eigenvalue weighted by Crippen LogP contribution is 2.35. The summed E-state index contributed by atoms with van der Waals surface area (Å²) < 4.78 is 6.41. The molecule has 2 heterocycles. The van der Waals surface area contributed by atoms with Crippen LogP contribution in [0.4, 0.5) is 5.95 Å². The van der Waals surface area contributed by atoms with Crippen molar-refractivity contribution in [3.05, 3.63) is 22.4 Å². The maximum atomic E-state index is 12.0. The summed E-state index contributed by atoms with van der Waals surface area (Å²) >= 11 is 0. The topological polar surface area (TPSA) is 101 Å². The third kappa shape index (κ3) is 2.44. The molecule has 0 amide bonds. The highest BCUT2D eigenvalue weighted by molar-refractivity contribution is 5.72. The lowest BCUT2D eigenvalue weighted by Gasteiger charge is -2.25. The Balaban J connectivity index is 1.87. The number of esters is 1. The average molecular weight is 305 g/mol. The Morgan fingerprint density at radius 1 is 1.41 bits per heavy atom. The highest BCUT2D eigenvalue weighted by atomic mass is 16.5. The van der Waals surface area contributed by atoms with Crippen LogP contribution in [0.1, 0.15) is 37.4 Å². The SMILES string of the molecule is CNc1nn2c(C3CCC(C(=O)OC)CC3)ncc2c(=O)[nH]1. The molecule has 22 heavy (non-hydrogen) atoms. The fraction of sp³-hybridized carbons (Fsp3) is 0.571. The number of methoxy groups -OCH3 is 1. The Kier molecular flexibility index (Phi) is 3.82. The molecule has 1 fully saturated rings. The van der Waals surface area contributed by atoms with Crippen molar-refractivity contribution in [2.45, 2.75) is 31.6 Å². The second-order valence-electron chi connectivity index (χ2n) is 5.54. The number of anilines is 1. The standard InChI is InChI=1S/C14H19N5O3/c1-15-14-17-12(20)10-7-16-11(19(10)18-14)8-3-5-9(6-4-8)13(21)22-2/h7-9H,3-6H2,1-2H3,(H2,15,17,18,20). The van der Waals surface area contributed by atoms with E-state index in [1.807, 2.05) is 0 Å². The molecule has 1 aliphatic rings. The third-order valence-electron chi connectivity index (χ3n) is 4.29. The van der Waals surface area contributed by atoms with E-state index >= 15 is 0 Å². The van der Waals surface area contributed by atoms with E-state index in [4.69, 9.17) is 4.74 Å². The minimum atomic E-state index is -0.221. The van der Waals surface area contributed by atoms with E-state index < -0.39 is 0 Å². The monoisotopic (exact) mass is 305 g/mol. The minimum absolute atomic E-state index is 0.0308. The lowest BCUT2D eigenvalue weighted by molar-refractivity contribution is -0.146. The van der Waals surface area contributed by atoms with Crippen LogP contribution < -0.4 is 10.9 Å². The quantitative estimate of drug-likeness (QED) is 0.817. The molecule has 0 bridgehead atoms. The van der Waals surface area contributed by atoms with Crippen molar-refractivity contribution < 1.29 is 9.53 Å². The molecule has 0 radical (unpaired) electrons. The zero-order valence-corrected chi connectivity index (χ0v) is 12.6. The van der Waals surface area contributed by atoms with Crippen LogP contribution in [-0.2, 0) is 9.53 Å². The molecule has 0 atom stereocenters. The van der Waals surface area contributed by atoms with Gasteiger partial charge in [-0.3, -0.25) is 14.6 Å². The van der Waals surface area contributed by atoms with Gasteiger partial charge in [0.2, 0.25) is 5.95 Å². The van der Waals surface area contributed by atoms with Crippen molar-refractivity contribution in [3.8, 4) is 0 Å². The van der Waals surface area contributed by atoms with E-state index in [-0.39, 0.29) is 23.4 Å². The smallest absolute Gasteiger partial charge is 0.308 e. The van der Waals surface area contributed by atoms with Gasteiger partial charge in [-0.05, 0) is 25.7 Å². The normalized spacial score (nSPS) is 21.7. The van der Waals surface area contributed by atoms with Crippen molar-refractivity contribution in [2.75, 3.05) is 19.5 Å². The molecule has 1 saturated carbocycles. The van der Waals surface area contributed by atoms with Crippen LogP contribution in [0.2, 0.25) is 0 Å². The van der Waals surface area contributed by atoms with Crippen LogP contribution in [-0.4, -0.2) is 39.7 Å². The summed E-state index contributed by atoms with van der Waals surface area (Å²) in [6.45, 7) is 0. The zero-order chi connectivity index (χ0) is 15.7. The molecular weight excluding hydrogens is 286 g/mol. The van der Waals surface area contributed by atoms with Crippen LogP contribution in [0.3, 0.4) is 0 Å². The largest absolute Gasteiger partial charge is 0.469 e. The summed E-state index contributed by atoms with van der Waals surface area (Å²) in [4.78, 5) is 30.6. The number of H-pyrrole nitrogens is 1. The van der Waals surface area contributed by atoms with E-state index in [9.17, 15) is 9.59 Å². The fourth-order valence-electron chi connectivity index (χ4n) is 3.06. The molecule has 0 aromatic carbocycles. The second kappa shape index (κ2) is 5.78. The molecule has 2 N–H and O–H groups in total. The molecule has 1 aliphatic carbocycles. The van der Waals surface area contributed by atoms with E-state index in [0.717, 1.165) is 31.5 Å². The number of fused-ring (bicyclic) bond motifs is 1. The first-order valence-electron chi connectivity index (χ1n) is 7.37. The van der Waals surface area contributed by atoms with E-state index in [2.05, 4.69) is 20.4 Å². The van der Waals surface area contributed by atoms with Crippen LogP contribution in [0.25, 0.3) is 5.52 Å². The van der Waals surface area contributed by atoms with Crippen molar-refractivity contribution in [1.82, 2.24) is 19.6 Å². The predicted molar refractivity (Wildman–Crippen MR) is 79.9 cm³/mol. The molecule has 2 aromatic heterocycles. The van der Waals surface area contributed by atoms with Gasteiger partial charge in [-0.2, -0.15) is 0 Å². The number of hydrogen-bond acceptors (Lipinski definition) is 6. The molecule has 0 unspecified atom stereocenters. The number of nitrogens with one attached hydrogen (secondary N) is 2. The van der Waals surface area contributed by atoms with Crippen molar-refractivity contribution in [3.63, 3.8) is 0 Å². The number of carbonyl (C=O) groups is 1. The summed E-state index contributed by atoms with van der Waals surface area (Å²) in [5.74, 6) is 1.21. The number of rotatable bonds is 3. The number of hydrogen-bond donors (Lipinski definition) is 2. The van der Waals surface area contributed by atoms with Gasteiger partial charge in [0.15, 0.2) is 5.52 Å². The molecule has 2 aromatic rings. The van der Waals surface area contributed by atoms with Gasteiger partial charge in [-0.15, -0.1) is 5.10 Å². The molecule has 0 aliphatic heterocycles. The number of imidazole rings is 1. The molecule has 8 heteroatoms. The van der Waals surface area contributed by atoms with Gasteiger partial charge in [0, 0.05) is 13.0 Å². The summed E-state index contributed by atoms with van der Waals surface area (Å²) in [6, 6.07) is 0. The molecule has 3 rings (SSSR count). The first-order chi connectivity index (χ1) is 10.6. The van der Waals surface area contributed by atoms with Gasteiger partial charge in [0.25, 0.3) is 5.56 Å². The van der Waals surface area contributed by atoms with Gasteiger partial charge < -0.3 is 10.1 Å². The first kappa shape index (κ1) is 14.6. The van der Waals surface area contributed by atoms with Gasteiger partial charge in [0.1, 0.15) is 5.82 Å². The fourth-order valence-corrected chi connectivity index (χ4v) is 3.06. The number of aromatic amines is 1. The van der Waals surface area contributed by atoms with Crippen LogP contribution in [0, 0.1) is 5.92 Å². The van der Waals surface area contributed by atoms with E-state index in [1.54, 1.807) is 17.8 Å². The maximum Gasteiger partial charge on any atom is 0.308 e. The lowest BCUT2D eigenvalue weighted by atomic mass is 9.81. The van der Waals surface area contributed by atoms with Gasteiger partial charge >= 0.3 is 5.97 Å². The van der Waals surface area contributed by atoms with E-state index in [0.29, 0.717) is 11.5 Å². The maximum absolute atomic E-state index is 12.0. The molecule has 0 spiro atoms. The lowest BCUT2D eigenvalue weighted by Crippen LogP contribution is -2.23. The summed E-state index contributed by atoms with van der Waals surface area (Å²) in [5.41, 5.74) is 0.213. The van der Waals surface area contributed by atoms with Crippen molar-refractivity contribution in [1.29, 1.82) is 0 Å². The number of nitrogens with zero attached hydrogens (tertiary/aromatic N) is 3. The summed E-state index contributed by atoms with van der Waals surface area (Å²) in [6.07, 6.45) is 4.76. The molecular formula is C14H19N5O3. The number of aromatic nitrogens is 4. The zero-order valence-electron chi connectivity index (χ0n) is 12.6. The van der Waals surface area contributed by atoms with Gasteiger partial charge in [-0.25, -0.2) is 9.50 Å². The first-order valence-corrected chi connectivity index (χ1v) is 7.37. The Morgan fingerprint density at radius 2 is 2.14 bits per heavy atom. The summed E-state index contributed by atoms with van der Waals surface area (Å²) in [7, 11) is 3.12. The van der Waals surface area contributed by atoms with Crippen molar-refractivity contribution in [2.24, 2.45) is 5.92 Å². The third-order valence-corrected chi connectivity index (χ3v) is 4.29. The summed E-state index contributed by atoms with van der Waals surface area (Å²) in [5, 5.41) is 7.19. The Bertz CT molecular complexity index is 743. The van der Waals surface area contributed by atoms with Crippen molar-refractivity contribution >= 4 is 17.4 Å². The number of ether oxygens (including phenoxy) is 1. The Labute approximate surface area is 126 Å². The second-order valence-corrected chi connectivity index (χ2v) is 5.54. The minimum Gasteiger partial charge on any atom is -0.469 e. The molecule has 0 saturated heterocycles. The van der Waals surface area contributed by atoms with Gasteiger partial charge in [-0.1, -0.05) is 0 Å². The van der Waals surface area contributed by atoms with Gasteiger partial charge in [0.05, 0.1) is 19.2 Å². The van der Waals surface area contributed by atoms with Crippen LogP contribution >= 0.6 is 0 Å². The predicted octanol–water partition coefficient (Wildman–Crippen LogP) is 0.906. The number of carbonyl (C=O) groups excluding carboxylic acids is 1. The van der Waals surface area contributed by atoms with Crippen LogP contribution in [0.15, 0.2) is 11.0 Å².